The van der Waals surface area contributed by atoms with Gasteiger partial charge in [0.1, 0.15) is 11.3 Å². The number of carbonyl (C=O) groups excluding carboxylic acids is 3. The summed E-state index contributed by atoms with van der Waals surface area (Å²) >= 11 is 6.35. The van der Waals surface area contributed by atoms with Gasteiger partial charge in [0, 0.05) is 30.1 Å². The number of halogens is 1. The topological polar surface area (TPSA) is 87.7 Å². The zero-order valence-electron chi connectivity index (χ0n) is 17.9. The molecule has 2 heterocycles. The number of methoxy groups -OCH3 is 1. The molecule has 7 nitrogen and oxygen atoms in total. The molecule has 2 aliphatic heterocycles. The summed E-state index contributed by atoms with van der Waals surface area (Å²) in [5.74, 6) is 0.273. The lowest BCUT2D eigenvalue weighted by Crippen LogP contribution is -2.58. The summed E-state index contributed by atoms with van der Waals surface area (Å²) < 4.78 is 5.35. The summed E-state index contributed by atoms with van der Waals surface area (Å²) in [5.41, 5.74) is 0.584. The molecule has 168 valence electrons. The van der Waals surface area contributed by atoms with Crippen LogP contribution in [0.3, 0.4) is 0 Å². The molecule has 4 amide bonds. The molecule has 8 heteroatoms. The van der Waals surface area contributed by atoms with Crippen molar-refractivity contribution in [3.63, 3.8) is 0 Å². The molecular weight excluding hydrogens is 430 g/mol. The maximum atomic E-state index is 12.9. The Morgan fingerprint density at radius 3 is 2.38 bits per heavy atom. The van der Waals surface area contributed by atoms with Crippen LogP contribution in [0, 0.1) is 5.92 Å². The molecule has 0 spiro atoms. The third-order valence-electron chi connectivity index (χ3n) is 6.47. The minimum absolute atomic E-state index is 0.0213. The number of amides is 4. The number of likely N-dealkylation sites (tertiary alicyclic amines) is 1. The highest BCUT2D eigenvalue weighted by Crippen LogP contribution is 2.35. The number of urea groups is 1. The van der Waals surface area contributed by atoms with Gasteiger partial charge in [-0.15, -0.1) is 0 Å². The summed E-state index contributed by atoms with van der Waals surface area (Å²) in [5, 5.41) is 5.84. The van der Waals surface area contributed by atoms with Gasteiger partial charge in [-0.2, -0.15) is 0 Å². The normalized spacial score (nSPS) is 21.2. The number of carbonyl (C=O) groups is 3. The Balaban J connectivity index is 1.47. The van der Waals surface area contributed by atoms with Crippen LogP contribution in [0.1, 0.15) is 24.0 Å². The first-order valence-electron chi connectivity index (χ1n) is 10.7. The second-order valence-electron chi connectivity index (χ2n) is 8.29. The number of para-hydroxylation sites is 1. The molecule has 0 unspecified atom stereocenters. The fourth-order valence-corrected chi connectivity index (χ4v) is 4.95. The Kier molecular flexibility index (Phi) is 6.37. The van der Waals surface area contributed by atoms with Crippen LogP contribution in [0.5, 0.6) is 5.75 Å². The second-order valence-corrected chi connectivity index (χ2v) is 8.70. The molecular formula is C24H26ClN3O4. The Morgan fingerprint density at radius 1 is 1.09 bits per heavy atom. The first kappa shape index (κ1) is 22.1. The predicted molar refractivity (Wildman–Crippen MR) is 121 cm³/mol. The molecule has 2 saturated heterocycles. The minimum atomic E-state index is -1.07. The van der Waals surface area contributed by atoms with Crippen LogP contribution in [-0.2, 0) is 22.4 Å². The molecule has 2 fully saturated rings. The Hall–Kier alpha value is -3.06. The van der Waals surface area contributed by atoms with Crippen LogP contribution >= 0.6 is 11.6 Å². The number of hydrogen-bond acceptors (Lipinski definition) is 4. The first-order chi connectivity index (χ1) is 15.4. The van der Waals surface area contributed by atoms with Crippen molar-refractivity contribution < 1.29 is 19.1 Å². The molecule has 2 N–H and O–H groups in total. The molecule has 2 aromatic carbocycles. The summed E-state index contributed by atoms with van der Waals surface area (Å²) in [6.07, 6.45) is 1.78. The zero-order valence-corrected chi connectivity index (χ0v) is 18.7. The van der Waals surface area contributed by atoms with E-state index in [0.29, 0.717) is 43.1 Å². The monoisotopic (exact) mass is 455 g/mol. The van der Waals surface area contributed by atoms with Crippen LogP contribution in [0.25, 0.3) is 0 Å². The van der Waals surface area contributed by atoms with Gasteiger partial charge < -0.3 is 15.0 Å². The van der Waals surface area contributed by atoms with Crippen molar-refractivity contribution in [2.24, 2.45) is 5.92 Å². The number of piperidine rings is 1. The maximum absolute atomic E-state index is 12.9. The van der Waals surface area contributed by atoms with Gasteiger partial charge in [0.2, 0.25) is 5.91 Å². The van der Waals surface area contributed by atoms with Crippen molar-refractivity contribution in [1.82, 2.24) is 15.5 Å². The number of benzene rings is 2. The molecule has 0 aliphatic carbocycles. The SMILES string of the molecule is COc1ccccc1CC(=O)N1CCC([C@@]2(Cc3ccccc3Cl)NC(=O)NC2=O)CC1. The Labute approximate surface area is 192 Å². The van der Waals surface area contributed by atoms with Crippen LogP contribution < -0.4 is 15.4 Å². The second kappa shape index (κ2) is 9.20. The van der Waals surface area contributed by atoms with Crippen molar-refractivity contribution >= 4 is 29.4 Å². The quantitative estimate of drug-likeness (QED) is 0.655. The van der Waals surface area contributed by atoms with Gasteiger partial charge >= 0.3 is 6.03 Å². The fourth-order valence-electron chi connectivity index (χ4n) is 4.75. The molecule has 1 atom stereocenters. The van der Waals surface area contributed by atoms with E-state index in [9.17, 15) is 14.4 Å². The molecule has 0 saturated carbocycles. The summed E-state index contributed by atoms with van der Waals surface area (Å²) in [4.78, 5) is 39.7. The van der Waals surface area contributed by atoms with E-state index in [1.54, 1.807) is 13.2 Å². The van der Waals surface area contributed by atoms with Crippen LogP contribution in [0.4, 0.5) is 4.79 Å². The largest absolute Gasteiger partial charge is 0.496 e. The van der Waals surface area contributed by atoms with Crippen molar-refractivity contribution in [1.29, 1.82) is 0 Å². The molecule has 0 aromatic heterocycles. The average Bonchev–Trinajstić information content (AvgIpc) is 3.09. The average molecular weight is 456 g/mol. The van der Waals surface area contributed by atoms with Crippen molar-refractivity contribution in [3.8, 4) is 5.75 Å². The lowest BCUT2D eigenvalue weighted by molar-refractivity contribution is -0.133. The van der Waals surface area contributed by atoms with E-state index >= 15 is 0 Å². The summed E-state index contributed by atoms with van der Waals surface area (Å²) in [7, 11) is 1.59. The number of hydrogen-bond donors (Lipinski definition) is 2. The number of rotatable bonds is 6. The molecule has 4 rings (SSSR count). The first-order valence-corrected chi connectivity index (χ1v) is 11.1. The fraction of sp³-hybridized carbons (Fsp3) is 0.375. The summed E-state index contributed by atoms with van der Waals surface area (Å²) in [6.45, 7) is 1.04. The van der Waals surface area contributed by atoms with E-state index in [1.165, 1.54) is 0 Å². The Bertz CT molecular complexity index is 1040. The van der Waals surface area contributed by atoms with E-state index in [4.69, 9.17) is 16.3 Å². The van der Waals surface area contributed by atoms with Crippen LogP contribution in [0.2, 0.25) is 5.02 Å². The number of nitrogens with zero attached hydrogens (tertiary/aromatic N) is 1. The van der Waals surface area contributed by atoms with Gasteiger partial charge in [0.15, 0.2) is 0 Å². The van der Waals surface area contributed by atoms with E-state index in [1.807, 2.05) is 47.4 Å². The molecule has 2 aliphatic rings. The van der Waals surface area contributed by atoms with Crippen LogP contribution in [0.15, 0.2) is 48.5 Å². The number of nitrogens with one attached hydrogen (secondary N) is 2. The smallest absolute Gasteiger partial charge is 0.322 e. The van der Waals surface area contributed by atoms with Gasteiger partial charge in [-0.1, -0.05) is 48.0 Å². The molecule has 0 bridgehead atoms. The van der Waals surface area contributed by atoms with Crippen molar-refractivity contribution in [2.45, 2.75) is 31.2 Å². The summed E-state index contributed by atoms with van der Waals surface area (Å²) in [6, 6.07) is 14.3. The van der Waals surface area contributed by atoms with Gasteiger partial charge in [0.05, 0.1) is 13.5 Å². The highest BCUT2D eigenvalue weighted by molar-refractivity contribution is 6.31. The van der Waals surface area contributed by atoms with Crippen LogP contribution in [-0.4, -0.2) is 48.5 Å². The number of ether oxygens (including phenoxy) is 1. The number of imide groups is 1. The zero-order chi connectivity index (χ0) is 22.7. The van der Waals surface area contributed by atoms with E-state index in [2.05, 4.69) is 10.6 Å². The maximum Gasteiger partial charge on any atom is 0.322 e. The third kappa shape index (κ3) is 4.30. The Morgan fingerprint density at radius 2 is 1.75 bits per heavy atom. The molecule has 2 aromatic rings. The van der Waals surface area contributed by atoms with Gasteiger partial charge in [-0.05, 0) is 36.5 Å². The van der Waals surface area contributed by atoms with E-state index < -0.39 is 11.6 Å². The predicted octanol–water partition coefficient (Wildman–Crippen LogP) is 2.95. The van der Waals surface area contributed by atoms with Gasteiger partial charge in [0.25, 0.3) is 5.91 Å². The van der Waals surface area contributed by atoms with Gasteiger partial charge in [-0.3, -0.25) is 14.9 Å². The standard InChI is InChI=1S/C24H26ClN3O4/c1-32-20-9-5-3-6-16(20)14-21(29)28-12-10-18(11-13-28)24(22(30)26-23(31)27-24)15-17-7-2-4-8-19(17)25/h2-9,18H,10-15H2,1H3,(H2,26,27,30,31)/t24-/m1/s1. The van der Waals surface area contributed by atoms with Crippen molar-refractivity contribution in [2.75, 3.05) is 20.2 Å². The lowest BCUT2D eigenvalue weighted by atomic mass is 9.74. The van der Waals surface area contributed by atoms with Crippen molar-refractivity contribution in [3.05, 3.63) is 64.7 Å². The lowest BCUT2D eigenvalue weighted by Gasteiger charge is -2.41. The molecule has 32 heavy (non-hydrogen) atoms. The molecule has 0 radical (unpaired) electrons. The van der Waals surface area contributed by atoms with E-state index in [0.717, 1.165) is 11.1 Å². The third-order valence-corrected chi connectivity index (χ3v) is 6.84. The van der Waals surface area contributed by atoms with Gasteiger partial charge in [-0.25, -0.2) is 4.79 Å². The highest BCUT2D eigenvalue weighted by Gasteiger charge is 2.52. The minimum Gasteiger partial charge on any atom is -0.496 e. The highest BCUT2D eigenvalue weighted by atomic mass is 35.5. The van der Waals surface area contributed by atoms with E-state index in [-0.39, 0.29) is 24.2 Å².